The van der Waals surface area contributed by atoms with E-state index in [0.29, 0.717) is 18.5 Å². The molecule has 0 unspecified atom stereocenters. The molecule has 2 aromatic rings. The van der Waals surface area contributed by atoms with E-state index in [0.717, 1.165) is 5.56 Å². The fourth-order valence-corrected chi connectivity index (χ4v) is 5.18. The van der Waals surface area contributed by atoms with Crippen LogP contribution in [0.15, 0.2) is 60.7 Å². The molecule has 142 valence electrons. The van der Waals surface area contributed by atoms with E-state index in [1.54, 1.807) is 29.2 Å². The summed E-state index contributed by atoms with van der Waals surface area (Å²) in [6, 6.07) is 18.0. The molecule has 1 atom stereocenters. The highest BCUT2D eigenvalue weighted by Crippen LogP contribution is 2.29. The first-order chi connectivity index (χ1) is 13.0. The number of carbonyl (C=O) groups excluding carboxylic acids is 2. The fraction of sp³-hybridized carbons (Fsp3) is 0.333. The molecular formula is C21H23NO4S. The smallest absolute Gasteiger partial charge is 0.223 e. The predicted octanol–water partition coefficient (Wildman–Crippen LogP) is 3.04. The normalized spacial score (nSPS) is 19.3. The molecule has 1 aliphatic rings. The average Bonchev–Trinajstić information content (AvgIpc) is 2.85. The van der Waals surface area contributed by atoms with Crippen LogP contribution in [0.4, 0.5) is 0 Å². The number of rotatable bonds is 5. The molecule has 3 rings (SSSR count). The molecule has 1 fully saturated rings. The minimum Gasteiger partial charge on any atom is -0.342 e. The molecule has 0 spiro atoms. The van der Waals surface area contributed by atoms with E-state index in [1.165, 1.54) is 0 Å². The largest absolute Gasteiger partial charge is 0.342 e. The number of hydrogen-bond acceptors (Lipinski definition) is 4. The molecular weight excluding hydrogens is 362 g/mol. The summed E-state index contributed by atoms with van der Waals surface area (Å²) in [5, 5.41) is -0.581. The van der Waals surface area contributed by atoms with Gasteiger partial charge in [0, 0.05) is 31.5 Å². The van der Waals surface area contributed by atoms with Crippen molar-refractivity contribution in [1.82, 2.24) is 4.90 Å². The molecule has 0 aromatic heterocycles. The van der Waals surface area contributed by atoms with Gasteiger partial charge in [0.1, 0.15) is 0 Å². The van der Waals surface area contributed by atoms with Crippen molar-refractivity contribution in [3.8, 4) is 0 Å². The van der Waals surface area contributed by atoms with Crippen molar-refractivity contribution in [2.75, 3.05) is 18.8 Å². The standard InChI is InChI=1S/C21H23NO4S/c23-19(17-7-3-1-4-8-17)11-12-21(24)22-14-13-20(27(25,26)16-15-22)18-9-5-2-6-10-18/h1-10,20H,11-16H2/t20-/m0/s1. The van der Waals surface area contributed by atoms with Gasteiger partial charge in [-0.1, -0.05) is 60.7 Å². The number of benzene rings is 2. The molecule has 1 saturated heterocycles. The van der Waals surface area contributed by atoms with E-state index in [9.17, 15) is 18.0 Å². The van der Waals surface area contributed by atoms with Gasteiger partial charge < -0.3 is 4.90 Å². The van der Waals surface area contributed by atoms with Crippen molar-refractivity contribution < 1.29 is 18.0 Å². The van der Waals surface area contributed by atoms with Gasteiger partial charge in [-0.15, -0.1) is 0 Å². The van der Waals surface area contributed by atoms with Gasteiger partial charge in [0.2, 0.25) is 5.91 Å². The Bertz CT molecular complexity index is 894. The van der Waals surface area contributed by atoms with Gasteiger partial charge in [0.25, 0.3) is 0 Å². The third-order valence-corrected chi connectivity index (χ3v) is 7.05. The van der Waals surface area contributed by atoms with Gasteiger partial charge in [0.15, 0.2) is 15.6 Å². The highest BCUT2D eigenvalue weighted by molar-refractivity contribution is 7.91. The first-order valence-corrected chi connectivity index (χ1v) is 10.8. The number of Topliss-reactive ketones (excluding diaryl/α,β-unsaturated/α-hetero) is 1. The SMILES string of the molecule is O=C(CCC(=O)N1CC[C@@H](c2ccccc2)S(=O)(=O)CC1)c1ccccc1. The summed E-state index contributed by atoms with van der Waals surface area (Å²) < 4.78 is 25.3. The molecule has 0 radical (unpaired) electrons. The van der Waals surface area contributed by atoms with Gasteiger partial charge in [0.05, 0.1) is 11.0 Å². The summed E-state index contributed by atoms with van der Waals surface area (Å²) in [6.45, 7) is 0.571. The highest BCUT2D eigenvalue weighted by Gasteiger charge is 2.32. The molecule has 6 heteroatoms. The Hall–Kier alpha value is -2.47. The topological polar surface area (TPSA) is 71.5 Å². The molecule has 0 saturated carbocycles. The Morgan fingerprint density at radius 2 is 1.52 bits per heavy atom. The first kappa shape index (κ1) is 19.3. The Kier molecular flexibility index (Phi) is 6.06. The fourth-order valence-electron chi connectivity index (χ4n) is 3.38. The zero-order valence-electron chi connectivity index (χ0n) is 15.1. The van der Waals surface area contributed by atoms with Crippen LogP contribution in [0.3, 0.4) is 0 Å². The second kappa shape index (κ2) is 8.48. The lowest BCUT2D eigenvalue weighted by Crippen LogP contribution is -2.33. The van der Waals surface area contributed by atoms with Crippen LogP contribution in [0, 0.1) is 0 Å². The van der Waals surface area contributed by atoms with Crippen LogP contribution in [0.5, 0.6) is 0 Å². The quantitative estimate of drug-likeness (QED) is 0.742. The van der Waals surface area contributed by atoms with Crippen molar-refractivity contribution >= 4 is 21.5 Å². The van der Waals surface area contributed by atoms with E-state index in [-0.39, 0.29) is 36.8 Å². The maximum absolute atomic E-state index is 12.6. The zero-order chi connectivity index (χ0) is 19.3. The van der Waals surface area contributed by atoms with Crippen molar-refractivity contribution in [2.45, 2.75) is 24.5 Å². The third-order valence-electron chi connectivity index (χ3n) is 4.93. The average molecular weight is 385 g/mol. The molecule has 1 heterocycles. The first-order valence-electron chi connectivity index (χ1n) is 9.10. The summed E-state index contributed by atoms with van der Waals surface area (Å²) in [5.41, 5.74) is 1.36. The molecule has 0 aliphatic carbocycles. The van der Waals surface area contributed by atoms with Crippen LogP contribution >= 0.6 is 0 Å². The van der Waals surface area contributed by atoms with Crippen LogP contribution in [0.25, 0.3) is 0 Å². The maximum atomic E-state index is 12.6. The molecule has 0 N–H and O–H groups in total. The molecule has 0 bridgehead atoms. The number of sulfone groups is 1. The summed E-state index contributed by atoms with van der Waals surface area (Å²) in [7, 11) is -3.31. The lowest BCUT2D eigenvalue weighted by Gasteiger charge is -2.20. The monoisotopic (exact) mass is 385 g/mol. The van der Waals surface area contributed by atoms with E-state index >= 15 is 0 Å². The molecule has 1 aliphatic heterocycles. The van der Waals surface area contributed by atoms with Crippen molar-refractivity contribution in [2.24, 2.45) is 0 Å². The van der Waals surface area contributed by atoms with Crippen molar-refractivity contribution in [1.29, 1.82) is 0 Å². The van der Waals surface area contributed by atoms with Gasteiger partial charge >= 0.3 is 0 Å². The van der Waals surface area contributed by atoms with Gasteiger partial charge in [-0.3, -0.25) is 9.59 Å². The summed E-state index contributed by atoms with van der Waals surface area (Å²) in [6.07, 6.45) is 0.614. The minimum atomic E-state index is -3.31. The lowest BCUT2D eigenvalue weighted by molar-refractivity contribution is -0.130. The second-order valence-electron chi connectivity index (χ2n) is 6.72. The van der Waals surface area contributed by atoms with E-state index in [1.807, 2.05) is 36.4 Å². The van der Waals surface area contributed by atoms with Crippen LogP contribution in [-0.4, -0.2) is 43.9 Å². The van der Waals surface area contributed by atoms with Gasteiger partial charge in [-0.2, -0.15) is 0 Å². The number of amides is 1. The van der Waals surface area contributed by atoms with Crippen molar-refractivity contribution in [3.63, 3.8) is 0 Å². The molecule has 2 aromatic carbocycles. The Morgan fingerprint density at radius 1 is 0.889 bits per heavy atom. The van der Waals surface area contributed by atoms with Crippen LogP contribution in [0.1, 0.15) is 40.4 Å². The molecule has 1 amide bonds. The summed E-state index contributed by atoms with van der Waals surface area (Å²) in [4.78, 5) is 26.3. The van der Waals surface area contributed by atoms with E-state index < -0.39 is 15.1 Å². The van der Waals surface area contributed by atoms with E-state index in [4.69, 9.17) is 0 Å². The Balaban J connectivity index is 1.61. The molecule has 27 heavy (non-hydrogen) atoms. The third kappa shape index (κ3) is 4.83. The summed E-state index contributed by atoms with van der Waals surface area (Å²) >= 11 is 0. The predicted molar refractivity (Wildman–Crippen MR) is 104 cm³/mol. The number of ketones is 1. The highest BCUT2D eigenvalue weighted by atomic mass is 32.2. The number of hydrogen-bond donors (Lipinski definition) is 0. The van der Waals surface area contributed by atoms with Gasteiger partial charge in [-0.05, 0) is 12.0 Å². The Morgan fingerprint density at radius 3 is 2.19 bits per heavy atom. The van der Waals surface area contributed by atoms with E-state index in [2.05, 4.69) is 0 Å². The zero-order valence-corrected chi connectivity index (χ0v) is 15.9. The Labute approximate surface area is 159 Å². The minimum absolute atomic E-state index is 0.0507. The number of nitrogens with zero attached hydrogens (tertiary/aromatic N) is 1. The summed E-state index contributed by atoms with van der Waals surface area (Å²) in [5.74, 6) is -0.290. The number of carbonyl (C=O) groups is 2. The maximum Gasteiger partial charge on any atom is 0.223 e. The van der Waals surface area contributed by atoms with Crippen molar-refractivity contribution in [3.05, 3.63) is 71.8 Å². The lowest BCUT2D eigenvalue weighted by atomic mass is 10.1. The second-order valence-corrected chi connectivity index (χ2v) is 9.03. The van der Waals surface area contributed by atoms with Crippen LogP contribution in [-0.2, 0) is 14.6 Å². The molecule has 5 nitrogen and oxygen atoms in total. The van der Waals surface area contributed by atoms with Crippen LogP contribution < -0.4 is 0 Å². The van der Waals surface area contributed by atoms with Crippen LogP contribution in [0.2, 0.25) is 0 Å². The van der Waals surface area contributed by atoms with Gasteiger partial charge in [-0.25, -0.2) is 8.42 Å².